The van der Waals surface area contributed by atoms with E-state index in [-0.39, 0.29) is 30.2 Å². The molecule has 0 aromatic heterocycles. The third-order valence-corrected chi connectivity index (χ3v) is 6.02. The van der Waals surface area contributed by atoms with Gasteiger partial charge in [-0.2, -0.15) is 0 Å². The maximum atomic E-state index is 12.8. The molecular weight excluding hydrogens is 370 g/mol. The molecule has 2 heterocycles. The number of nitrogens with zero attached hydrogens (tertiary/aromatic N) is 1. The molecule has 7 heteroatoms. The molecule has 0 bridgehead atoms. The van der Waals surface area contributed by atoms with E-state index in [9.17, 15) is 14.4 Å². The first-order valence-corrected chi connectivity index (χ1v) is 10.6. The first-order chi connectivity index (χ1) is 13.9. The minimum atomic E-state index is -0.587. The Balaban J connectivity index is 1.43. The van der Waals surface area contributed by atoms with E-state index >= 15 is 0 Å². The van der Waals surface area contributed by atoms with Crippen LogP contribution in [0.4, 0.5) is 0 Å². The van der Waals surface area contributed by atoms with Gasteiger partial charge in [0.25, 0.3) is 5.91 Å². The van der Waals surface area contributed by atoms with E-state index in [2.05, 4.69) is 24.5 Å². The standard InChI is InChI=1S/C22H29N3O4/c1-13(2)11-23-17-4-3-5-19(17)29-15-6-7-16-14(10-15)12-25(22(16)28)18-8-9-20(26)24-21(18)27/h6-7,10,13,17-19,23H,3-5,8-9,11-12H2,1-2H3,(H,24,26,27). The monoisotopic (exact) mass is 399 g/mol. The molecule has 0 spiro atoms. The summed E-state index contributed by atoms with van der Waals surface area (Å²) in [6, 6.07) is 5.34. The van der Waals surface area contributed by atoms with Crippen LogP contribution in [0.3, 0.4) is 0 Å². The van der Waals surface area contributed by atoms with Crippen LogP contribution in [0.2, 0.25) is 0 Å². The lowest BCUT2D eigenvalue weighted by Gasteiger charge is -2.29. The van der Waals surface area contributed by atoms with Gasteiger partial charge in [-0.05, 0) is 61.9 Å². The molecule has 1 saturated carbocycles. The maximum Gasteiger partial charge on any atom is 0.255 e. The van der Waals surface area contributed by atoms with Crippen LogP contribution in [0.15, 0.2) is 18.2 Å². The van der Waals surface area contributed by atoms with Gasteiger partial charge in [-0.15, -0.1) is 0 Å². The third-order valence-electron chi connectivity index (χ3n) is 6.02. The van der Waals surface area contributed by atoms with Gasteiger partial charge < -0.3 is 15.0 Å². The minimum absolute atomic E-state index is 0.134. The second-order valence-corrected chi connectivity index (χ2v) is 8.71. The number of carbonyl (C=O) groups excluding carboxylic acids is 3. The molecule has 3 unspecified atom stereocenters. The number of piperidine rings is 1. The summed E-state index contributed by atoms with van der Waals surface area (Å²) in [7, 11) is 0. The second kappa shape index (κ2) is 8.14. The molecule has 2 fully saturated rings. The third kappa shape index (κ3) is 4.15. The predicted octanol–water partition coefficient (Wildman–Crippen LogP) is 1.99. The number of fused-ring (bicyclic) bond motifs is 1. The van der Waals surface area contributed by atoms with Crippen molar-refractivity contribution < 1.29 is 19.1 Å². The van der Waals surface area contributed by atoms with Gasteiger partial charge in [0, 0.05) is 24.6 Å². The Kier molecular flexibility index (Phi) is 5.58. The van der Waals surface area contributed by atoms with Crippen LogP contribution >= 0.6 is 0 Å². The van der Waals surface area contributed by atoms with Crippen molar-refractivity contribution in [2.75, 3.05) is 6.54 Å². The van der Waals surface area contributed by atoms with Gasteiger partial charge in [0.1, 0.15) is 17.9 Å². The van der Waals surface area contributed by atoms with Crippen LogP contribution in [0.5, 0.6) is 5.75 Å². The number of ether oxygens (including phenoxy) is 1. The van der Waals surface area contributed by atoms with Crippen LogP contribution in [-0.2, 0) is 16.1 Å². The Morgan fingerprint density at radius 1 is 1.21 bits per heavy atom. The average Bonchev–Trinajstić information content (AvgIpc) is 3.24. The normalized spacial score (nSPS) is 26.8. The summed E-state index contributed by atoms with van der Waals surface area (Å²) in [5, 5.41) is 5.94. The van der Waals surface area contributed by atoms with Crippen molar-refractivity contribution in [3.8, 4) is 5.75 Å². The van der Waals surface area contributed by atoms with Gasteiger partial charge in [-0.25, -0.2) is 0 Å². The van der Waals surface area contributed by atoms with E-state index in [1.165, 1.54) is 0 Å². The Morgan fingerprint density at radius 2 is 2.03 bits per heavy atom. The van der Waals surface area contributed by atoms with E-state index in [1.54, 1.807) is 11.0 Å². The Bertz CT molecular complexity index is 822. The summed E-state index contributed by atoms with van der Waals surface area (Å²) in [6.45, 7) is 5.74. The molecule has 3 aliphatic rings. The van der Waals surface area contributed by atoms with Crippen molar-refractivity contribution in [2.24, 2.45) is 5.92 Å². The number of nitrogens with one attached hydrogen (secondary N) is 2. The zero-order chi connectivity index (χ0) is 20.5. The molecule has 29 heavy (non-hydrogen) atoms. The highest BCUT2D eigenvalue weighted by Crippen LogP contribution is 2.32. The van der Waals surface area contributed by atoms with Gasteiger partial charge >= 0.3 is 0 Å². The quantitative estimate of drug-likeness (QED) is 0.715. The number of amides is 3. The number of imide groups is 1. The van der Waals surface area contributed by atoms with Crippen molar-refractivity contribution in [3.05, 3.63) is 29.3 Å². The number of rotatable bonds is 6. The van der Waals surface area contributed by atoms with Gasteiger partial charge in [0.15, 0.2) is 0 Å². The van der Waals surface area contributed by atoms with Gasteiger partial charge in [-0.3, -0.25) is 19.7 Å². The molecule has 2 aliphatic heterocycles. The summed E-state index contributed by atoms with van der Waals surface area (Å²) in [5.74, 6) is 0.552. The number of benzene rings is 1. The van der Waals surface area contributed by atoms with Crippen LogP contribution < -0.4 is 15.4 Å². The Labute approximate surface area is 171 Å². The Morgan fingerprint density at radius 3 is 2.79 bits per heavy atom. The molecular formula is C22H29N3O4. The molecule has 1 aromatic rings. The molecule has 1 aromatic carbocycles. The van der Waals surface area contributed by atoms with Gasteiger partial charge in [0.05, 0.1) is 0 Å². The van der Waals surface area contributed by atoms with Gasteiger partial charge in [-0.1, -0.05) is 13.8 Å². The van der Waals surface area contributed by atoms with Crippen molar-refractivity contribution in [1.29, 1.82) is 0 Å². The van der Waals surface area contributed by atoms with Crippen LogP contribution in [0.1, 0.15) is 61.9 Å². The van der Waals surface area contributed by atoms with Crippen molar-refractivity contribution in [2.45, 2.75) is 70.7 Å². The average molecular weight is 399 g/mol. The first-order valence-electron chi connectivity index (χ1n) is 10.6. The largest absolute Gasteiger partial charge is 0.489 e. The summed E-state index contributed by atoms with van der Waals surface area (Å²) < 4.78 is 6.28. The zero-order valence-corrected chi connectivity index (χ0v) is 17.1. The highest BCUT2D eigenvalue weighted by atomic mass is 16.5. The summed E-state index contributed by atoms with van der Waals surface area (Å²) in [6.07, 6.45) is 4.05. The molecule has 4 rings (SSSR count). The fourth-order valence-electron chi connectivity index (χ4n) is 4.49. The van der Waals surface area contributed by atoms with Crippen molar-refractivity contribution in [1.82, 2.24) is 15.5 Å². The topological polar surface area (TPSA) is 87.7 Å². The predicted molar refractivity (Wildman–Crippen MR) is 107 cm³/mol. The van der Waals surface area contributed by atoms with E-state index in [0.717, 1.165) is 37.1 Å². The molecule has 1 saturated heterocycles. The lowest BCUT2D eigenvalue weighted by Crippen LogP contribution is -2.52. The molecule has 0 radical (unpaired) electrons. The van der Waals surface area contributed by atoms with Gasteiger partial charge in [0.2, 0.25) is 11.8 Å². The number of hydrogen-bond donors (Lipinski definition) is 2. The lowest BCUT2D eigenvalue weighted by atomic mass is 10.0. The lowest BCUT2D eigenvalue weighted by molar-refractivity contribution is -0.136. The SMILES string of the molecule is CC(C)CNC1CCCC1Oc1ccc2c(c1)CN(C1CCC(=O)NC1=O)C2=O. The molecule has 156 valence electrons. The molecule has 3 atom stereocenters. The van der Waals surface area contributed by atoms with Crippen LogP contribution in [0.25, 0.3) is 0 Å². The molecule has 3 amide bonds. The second-order valence-electron chi connectivity index (χ2n) is 8.71. The molecule has 2 N–H and O–H groups in total. The maximum absolute atomic E-state index is 12.8. The van der Waals surface area contributed by atoms with E-state index in [4.69, 9.17) is 4.74 Å². The zero-order valence-electron chi connectivity index (χ0n) is 17.1. The number of hydrogen-bond acceptors (Lipinski definition) is 5. The smallest absolute Gasteiger partial charge is 0.255 e. The first kappa shape index (κ1) is 19.9. The minimum Gasteiger partial charge on any atom is -0.489 e. The fourth-order valence-corrected chi connectivity index (χ4v) is 4.49. The highest BCUT2D eigenvalue weighted by molar-refractivity contribution is 6.05. The molecule has 1 aliphatic carbocycles. The van der Waals surface area contributed by atoms with Crippen LogP contribution in [0, 0.1) is 5.92 Å². The summed E-state index contributed by atoms with van der Waals surface area (Å²) in [5.41, 5.74) is 1.49. The summed E-state index contributed by atoms with van der Waals surface area (Å²) in [4.78, 5) is 37.9. The highest BCUT2D eigenvalue weighted by Gasteiger charge is 2.39. The van der Waals surface area contributed by atoms with E-state index in [1.807, 2.05) is 12.1 Å². The van der Waals surface area contributed by atoms with Crippen molar-refractivity contribution >= 4 is 17.7 Å². The number of carbonyl (C=O) groups is 3. The van der Waals surface area contributed by atoms with Crippen molar-refractivity contribution in [3.63, 3.8) is 0 Å². The van der Waals surface area contributed by atoms with E-state index < -0.39 is 6.04 Å². The molecule has 7 nitrogen and oxygen atoms in total. The van der Waals surface area contributed by atoms with Crippen LogP contribution in [-0.4, -0.2) is 47.4 Å². The Hall–Kier alpha value is -2.41. The van der Waals surface area contributed by atoms with E-state index in [0.29, 0.717) is 30.5 Å². The fraction of sp³-hybridized carbons (Fsp3) is 0.591. The summed E-state index contributed by atoms with van der Waals surface area (Å²) >= 11 is 0.